The van der Waals surface area contributed by atoms with Crippen molar-refractivity contribution in [3.8, 4) is 17.5 Å². The predicted octanol–water partition coefficient (Wildman–Crippen LogP) is 0.674. The number of hydrogen-bond acceptors (Lipinski definition) is 6. The summed E-state index contributed by atoms with van der Waals surface area (Å²) in [7, 11) is 1.31. The van der Waals surface area contributed by atoms with Crippen LogP contribution in [0.5, 0.6) is 5.88 Å². The molecule has 2 rings (SSSR count). The van der Waals surface area contributed by atoms with Crippen LogP contribution in [0.15, 0.2) is 17.1 Å². The molecule has 0 aromatic carbocycles. The van der Waals surface area contributed by atoms with E-state index in [9.17, 15) is 4.39 Å². The molecule has 0 atom stereocenters. The average molecular weight is 196 g/mol. The summed E-state index contributed by atoms with van der Waals surface area (Å²) < 4.78 is 22.9. The number of halogens is 1. The Morgan fingerprint density at radius 3 is 2.93 bits per heavy atom. The summed E-state index contributed by atoms with van der Waals surface area (Å²) in [5.74, 6) is -0.893. The molecule has 0 radical (unpaired) electrons. The van der Waals surface area contributed by atoms with Gasteiger partial charge in [0, 0.05) is 0 Å². The van der Waals surface area contributed by atoms with Crippen molar-refractivity contribution in [1.29, 1.82) is 0 Å². The molecule has 0 unspecified atom stereocenters. The van der Waals surface area contributed by atoms with Crippen LogP contribution in [0.4, 0.5) is 4.39 Å². The van der Waals surface area contributed by atoms with Crippen LogP contribution in [0.2, 0.25) is 0 Å². The van der Waals surface area contributed by atoms with Gasteiger partial charge in [0.05, 0.1) is 7.11 Å². The van der Waals surface area contributed by atoms with Crippen molar-refractivity contribution in [2.45, 2.75) is 0 Å². The van der Waals surface area contributed by atoms with Crippen molar-refractivity contribution >= 4 is 0 Å². The van der Waals surface area contributed by atoms with Gasteiger partial charge < -0.3 is 9.15 Å². The van der Waals surface area contributed by atoms with E-state index in [4.69, 9.17) is 4.42 Å². The first kappa shape index (κ1) is 8.54. The lowest BCUT2D eigenvalue weighted by atomic mass is 10.4. The maximum Gasteiger partial charge on any atom is 0.269 e. The molecule has 72 valence electrons. The Kier molecular flexibility index (Phi) is 2.05. The molecule has 7 heteroatoms. The van der Waals surface area contributed by atoms with Gasteiger partial charge in [0.15, 0.2) is 5.69 Å². The van der Waals surface area contributed by atoms with Gasteiger partial charge >= 0.3 is 0 Å². The molecule has 2 aromatic heterocycles. The van der Waals surface area contributed by atoms with Gasteiger partial charge in [0.2, 0.25) is 12.2 Å². The molecule has 0 N–H and O–H groups in total. The quantitative estimate of drug-likeness (QED) is 0.702. The summed E-state index contributed by atoms with van der Waals surface area (Å²) in [6.07, 6.45) is 2.24. The molecule has 0 amide bonds. The minimum Gasteiger partial charge on any atom is -0.479 e. The van der Waals surface area contributed by atoms with Gasteiger partial charge in [-0.3, -0.25) is 0 Å². The molecule has 0 aliphatic heterocycles. The Bertz CT molecular complexity index is 431. The highest BCUT2D eigenvalue weighted by atomic mass is 19.1. The van der Waals surface area contributed by atoms with Crippen LogP contribution in [-0.2, 0) is 0 Å². The van der Waals surface area contributed by atoms with Crippen molar-refractivity contribution in [3.63, 3.8) is 0 Å². The molecule has 0 saturated heterocycles. The smallest absolute Gasteiger partial charge is 0.269 e. The second-order valence-corrected chi connectivity index (χ2v) is 2.29. The largest absolute Gasteiger partial charge is 0.479 e. The standard InChI is InChI=1S/C7H5FN4O2/c1-13-6-4(8)5(9-2-10-6)7-12-11-3-14-7/h2-3H,1H3. The Balaban J connectivity index is 2.54. The summed E-state index contributed by atoms with van der Waals surface area (Å²) in [5, 5.41) is 6.93. The molecule has 0 aliphatic carbocycles. The van der Waals surface area contributed by atoms with E-state index < -0.39 is 5.82 Å². The van der Waals surface area contributed by atoms with Crippen LogP contribution in [0.3, 0.4) is 0 Å². The van der Waals surface area contributed by atoms with Crippen LogP contribution in [0.1, 0.15) is 0 Å². The zero-order valence-corrected chi connectivity index (χ0v) is 7.14. The maximum absolute atomic E-state index is 13.5. The number of ether oxygens (including phenoxy) is 1. The minimum atomic E-state index is -0.723. The second-order valence-electron chi connectivity index (χ2n) is 2.29. The monoisotopic (exact) mass is 196 g/mol. The van der Waals surface area contributed by atoms with E-state index in [1.54, 1.807) is 0 Å². The van der Waals surface area contributed by atoms with Crippen molar-refractivity contribution in [2.75, 3.05) is 7.11 Å². The zero-order valence-electron chi connectivity index (χ0n) is 7.14. The fraction of sp³-hybridized carbons (Fsp3) is 0.143. The van der Waals surface area contributed by atoms with Crippen LogP contribution in [-0.4, -0.2) is 27.3 Å². The highest BCUT2D eigenvalue weighted by Crippen LogP contribution is 2.22. The van der Waals surface area contributed by atoms with Gasteiger partial charge in [0.25, 0.3) is 11.8 Å². The molecule has 0 fully saturated rings. The van der Waals surface area contributed by atoms with E-state index >= 15 is 0 Å². The Labute approximate surface area is 77.8 Å². The third-order valence-electron chi connectivity index (χ3n) is 1.51. The average Bonchev–Trinajstić information content (AvgIpc) is 2.71. The van der Waals surface area contributed by atoms with Gasteiger partial charge in [0.1, 0.15) is 6.33 Å². The van der Waals surface area contributed by atoms with Gasteiger partial charge in [-0.1, -0.05) is 0 Å². The Morgan fingerprint density at radius 2 is 2.29 bits per heavy atom. The summed E-state index contributed by atoms with van der Waals surface area (Å²) in [6, 6.07) is 0. The Hall–Kier alpha value is -2.05. The fourth-order valence-corrected chi connectivity index (χ4v) is 0.921. The van der Waals surface area contributed by atoms with Gasteiger partial charge in [-0.2, -0.15) is 9.37 Å². The normalized spacial score (nSPS) is 10.1. The van der Waals surface area contributed by atoms with Gasteiger partial charge in [-0.25, -0.2) is 4.98 Å². The molecular formula is C7H5FN4O2. The summed E-state index contributed by atoms with van der Waals surface area (Å²) in [6.45, 7) is 0. The van der Waals surface area contributed by atoms with E-state index in [-0.39, 0.29) is 17.5 Å². The number of methoxy groups -OCH3 is 1. The van der Waals surface area contributed by atoms with Gasteiger partial charge in [-0.05, 0) is 0 Å². The first-order valence-electron chi connectivity index (χ1n) is 3.64. The SMILES string of the molecule is COc1ncnc(-c2nnco2)c1F. The summed E-state index contributed by atoms with van der Waals surface area (Å²) in [4.78, 5) is 7.24. The number of rotatable bonds is 2. The van der Waals surface area contributed by atoms with Crippen LogP contribution in [0, 0.1) is 5.82 Å². The molecule has 0 bridgehead atoms. The number of nitrogens with zero attached hydrogens (tertiary/aromatic N) is 4. The molecular weight excluding hydrogens is 191 g/mol. The lowest BCUT2D eigenvalue weighted by molar-refractivity contribution is 0.367. The summed E-state index contributed by atoms with van der Waals surface area (Å²) >= 11 is 0. The predicted molar refractivity (Wildman–Crippen MR) is 41.8 cm³/mol. The molecule has 2 aromatic rings. The van der Waals surface area contributed by atoms with Crippen LogP contribution >= 0.6 is 0 Å². The third-order valence-corrected chi connectivity index (χ3v) is 1.51. The van der Waals surface area contributed by atoms with Crippen LogP contribution in [0.25, 0.3) is 11.6 Å². The maximum atomic E-state index is 13.5. The third kappa shape index (κ3) is 1.28. The minimum absolute atomic E-state index is 0.0109. The first-order valence-corrected chi connectivity index (χ1v) is 3.64. The Morgan fingerprint density at radius 1 is 1.43 bits per heavy atom. The van der Waals surface area contributed by atoms with E-state index in [2.05, 4.69) is 24.9 Å². The molecule has 0 spiro atoms. The molecule has 14 heavy (non-hydrogen) atoms. The number of hydrogen-bond donors (Lipinski definition) is 0. The zero-order chi connectivity index (χ0) is 9.97. The molecule has 0 saturated carbocycles. The van der Waals surface area contributed by atoms with Crippen molar-refractivity contribution < 1.29 is 13.5 Å². The summed E-state index contributed by atoms with van der Waals surface area (Å²) in [5.41, 5.74) is -0.0747. The van der Waals surface area contributed by atoms with Crippen molar-refractivity contribution in [3.05, 3.63) is 18.5 Å². The topological polar surface area (TPSA) is 73.9 Å². The molecule has 2 heterocycles. The fourth-order valence-electron chi connectivity index (χ4n) is 0.921. The van der Waals surface area contributed by atoms with Gasteiger partial charge in [-0.15, -0.1) is 10.2 Å². The van der Waals surface area contributed by atoms with E-state index in [0.29, 0.717) is 0 Å². The molecule has 6 nitrogen and oxygen atoms in total. The lowest BCUT2D eigenvalue weighted by Crippen LogP contribution is -1.97. The molecule has 0 aliphatic rings. The van der Waals surface area contributed by atoms with E-state index in [1.807, 2.05) is 0 Å². The van der Waals surface area contributed by atoms with Crippen molar-refractivity contribution in [1.82, 2.24) is 20.2 Å². The second kappa shape index (κ2) is 3.36. The van der Waals surface area contributed by atoms with E-state index in [1.165, 1.54) is 7.11 Å². The van der Waals surface area contributed by atoms with E-state index in [0.717, 1.165) is 12.7 Å². The van der Waals surface area contributed by atoms with Crippen LogP contribution < -0.4 is 4.74 Å². The number of aromatic nitrogens is 4. The first-order chi connectivity index (χ1) is 6.83. The lowest BCUT2D eigenvalue weighted by Gasteiger charge is -2.00. The van der Waals surface area contributed by atoms with Crippen molar-refractivity contribution in [2.24, 2.45) is 0 Å². The highest BCUT2D eigenvalue weighted by Gasteiger charge is 2.16. The highest BCUT2D eigenvalue weighted by molar-refractivity contribution is 5.48.